The molecule has 1 aliphatic rings. The van der Waals surface area contributed by atoms with Crippen LogP contribution in [0, 0.1) is 0 Å². The number of hydrogen-bond acceptors (Lipinski definition) is 2. The number of rotatable bonds is 5. The molecule has 1 N–H and O–H groups in total. The normalized spacial score (nSPS) is 25.9. The minimum absolute atomic E-state index is 0.581. The Hall–Kier alpha value is -0.470. The molecule has 1 aliphatic carbocycles. The van der Waals surface area contributed by atoms with E-state index >= 15 is 0 Å². The van der Waals surface area contributed by atoms with Gasteiger partial charge in [-0.05, 0) is 44.4 Å². The molecule has 0 saturated heterocycles. The van der Waals surface area contributed by atoms with E-state index in [2.05, 4.69) is 48.8 Å². The zero-order valence-electron chi connectivity index (χ0n) is 11.6. The van der Waals surface area contributed by atoms with Crippen LogP contribution in [0.25, 0.3) is 0 Å². The van der Waals surface area contributed by atoms with Crippen molar-refractivity contribution in [1.29, 1.82) is 0 Å². The van der Waals surface area contributed by atoms with Crippen LogP contribution in [-0.4, -0.2) is 23.6 Å². The van der Waals surface area contributed by atoms with Crippen molar-refractivity contribution in [3.8, 4) is 0 Å². The lowest BCUT2D eigenvalue weighted by atomic mass is 9.94. The van der Waals surface area contributed by atoms with E-state index in [1.54, 1.807) is 0 Å². The van der Waals surface area contributed by atoms with Gasteiger partial charge in [0, 0.05) is 17.3 Å². The fourth-order valence-corrected chi connectivity index (χ4v) is 3.77. The number of thioether (sulfide) groups is 1. The predicted octanol–water partition coefficient (Wildman–Crippen LogP) is 3.88. The second kappa shape index (κ2) is 7.20. The van der Waals surface area contributed by atoms with Gasteiger partial charge in [-0.25, -0.2) is 0 Å². The summed E-state index contributed by atoms with van der Waals surface area (Å²) in [5, 5.41) is 4.69. The molecule has 0 spiro atoms. The molecule has 0 aliphatic heterocycles. The van der Waals surface area contributed by atoms with Crippen molar-refractivity contribution in [2.75, 3.05) is 6.26 Å². The molecule has 1 aromatic carbocycles. The Labute approximate surface area is 116 Å². The lowest BCUT2D eigenvalue weighted by Crippen LogP contribution is -2.41. The SMILES string of the molecule is CSC1CCCC(NC(C)Cc2ccccc2)C1. The van der Waals surface area contributed by atoms with Crippen LogP contribution in [0.1, 0.15) is 38.2 Å². The topological polar surface area (TPSA) is 12.0 Å². The van der Waals surface area contributed by atoms with Crippen LogP contribution in [0.2, 0.25) is 0 Å². The van der Waals surface area contributed by atoms with Crippen molar-refractivity contribution in [3.63, 3.8) is 0 Å². The lowest BCUT2D eigenvalue weighted by Gasteiger charge is -2.31. The molecule has 0 amide bonds. The van der Waals surface area contributed by atoms with Gasteiger partial charge in [0.25, 0.3) is 0 Å². The maximum atomic E-state index is 3.82. The van der Waals surface area contributed by atoms with Crippen molar-refractivity contribution in [2.24, 2.45) is 0 Å². The maximum Gasteiger partial charge on any atom is 0.00817 e. The van der Waals surface area contributed by atoms with E-state index in [1.165, 1.54) is 31.2 Å². The molecule has 18 heavy (non-hydrogen) atoms. The summed E-state index contributed by atoms with van der Waals surface area (Å²) in [7, 11) is 0. The summed E-state index contributed by atoms with van der Waals surface area (Å²) < 4.78 is 0. The summed E-state index contributed by atoms with van der Waals surface area (Å²) in [4.78, 5) is 0. The molecular weight excluding hydrogens is 238 g/mol. The zero-order chi connectivity index (χ0) is 12.8. The number of nitrogens with one attached hydrogen (secondary N) is 1. The molecule has 0 bridgehead atoms. The Balaban J connectivity index is 1.78. The molecule has 100 valence electrons. The largest absolute Gasteiger partial charge is 0.311 e. The van der Waals surface area contributed by atoms with Crippen molar-refractivity contribution >= 4 is 11.8 Å². The highest BCUT2D eigenvalue weighted by Crippen LogP contribution is 2.27. The molecule has 2 rings (SSSR count). The Bertz CT molecular complexity index is 338. The zero-order valence-corrected chi connectivity index (χ0v) is 12.4. The Morgan fingerprint density at radius 1 is 1.28 bits per heavy atom. The summed E-state index contributed by atoms with van der Waals surface area (Å²) in [6.07, 6.45) is 8.89. The van der Waals surface area contributed by atoms with E-state index in [0.717, 1.165) is 17.7 Å². The first-order valence-electron chi connectivity index (χ1n) is 7.10. The van der Waals surface area contributed by atoms with Crippen molar-refractivity contribution < 1.29 is 0 Å². The van der Waals surface area contributed by atoms with Gasteiger partial charge in [0.15, 0.2) is 0 Å². The van der Waals surface area contributed by atoms with E-state index in [1.807, 2.05) is 11.8 Å². The van der Waals surface area contributed by atoms with Crippen LogP contribution >= 0.6 is 11.8 Å². The van der Waals surface area contributed by atoms with Crippen molar-refractivity contribution in [1.82, 2.24) is 5.32 Å². The summed E-state index contributed by atoms with van der Waals surface area (Å²) in [6.45, 7) is 2.32. The average Bonchev–Trinajstić information content (AvgIpc) is 2.40. The smallest absolute Gasteiger partial charge is 0.00817 e. The van der Waals surface area contributed by atoms with Crippen molar-refractivity contribution in [3.05, 3.63) is 35.9 Å². The van der Waals surface area contributed by atoms with Gasteiger partial charge >= 0.3 is 0 Å². The third kappa shape index (κ3) is 4.33. The summed E-state index contributed by atoms with van der Waals surface area (Å²) >= 11 is 2.04. The van der Waals surface area contributed by atoms with Gasteiger partial charge in [0.05, 0.1) is 0 Å². The second-order valence-corrected chi connectivity index (χ2v) is 6.62. The summed E-state index contributed by atoms with van der Waals surface area (Å²) in [5.74, 6) is 0. The van der Waals surface area contributed by atoms with Gasteiger partial charge in [-0.15, -0.1) is 0 Å². The molecule has 0 radical (unpaired) electrons. The molecule has 1 aromatic rings. The van der Waals surface area contributed by atoms with E-state index in [4.69, 9.17) is 0 Å². The molecule has 0 heterocycles. The van der Waals surface area contributed by atoms with Gasteiger partial charge in [-0.3, -0.25) is 0 Å². The average molecular weight is 263 g/mol. The molecule has 1 saturated carbocycles. The molecule has 3 atom stereocenters. The van der Waals surface area contributed by atoms with Crippen molar-refractivity contribution in [2.45, 2.75) is 56.4 Å². The minimum Gasteiger partial charge on any atom is -0.311 e. The fraction of sp³-hybridized carbons (Fsp3) is 0.625. The van der Waals surface area contributed by atoms with Gasteiger partial charge < -0.3 is 5.32 Å². The Morgan fingerprint density at radius 3 is 2.78 bits per heavy atom. The third-order valence-corrected chi connectivity index (χ3v) is 4.96. The molecule has 3 unspecified atom stereocenters. The van der Waals surface area contributed by atoms with Gasteiger partial charge in [0.1, 0.15) is 0 Å². The van der Waals surface area contributed by atoms with Gasteiger partial charge in [-0.2, -0.15) is 11.8 Å². The lowest BCUT2D eigenvalue weighted by molar-refractivity contribution is 0.349. The highest BCUT2D eigenvalue weighted by Gasteiger charge is 2.22. The Kier molecular flexibility index (Phi) is 5.58. The van der Waals surface area contributed by atoms with Gasteiger partial charge in [0.2, 0.25) is 0 Å². The molecular formula is C16H25NS. The van der Waals surface area contributed by atoms with E-state index in [0.29, 0.717) is 6.04 Å². The molecule has 0 aromatic heterocycles. The van der Waals surface area contributed by atoms with E-state index in [9.17, 15) is 0 Å². The van der Waals surface area contributed by atoms with E-state index < -0.39 is 0 Å². The maximum absolute atomic E-state index is 3.82. The van der Waals surface area contributed by atoms with Crippen LogP contribution in [0.15, 0.2) is 30.3 Å². The monoisotopic (exact) mass is 263 g/mol. The quantitative estimate of drug-likeness (QED) is 0.865. The summed E-state index contributed by atoms with van der Waals surface area (Å²) in [6, 6.07) is 12.1. The van der Waals surface area contributed by atoms with Crippen LogP contribution in [0.4, 0.5) is 0 Å². The summed E-state index contributed by atoms with van der Waals surface area (Å²) in [5.41, 5.74) is 1.44. The van der Waals surface area contributed by atoms with Crippen LogP contribution in [-0.2, 0) is 6.42 Å². The van der Waals surface area contributed by atoms with Gasteiger partial charge in [-0.1, -0.05) is 36.8 Å². The van der Waals surface area contributed by atoms with Crippen LogP contribution in [0.5, 0.6) is 0 Å². The minimum atomic E-state index is 0.581. The first kappa shape index (κ1) is 14.0. The first-order chi connectivity index (χ1) is 8.78. The second-order valence-electron chi connectivity index (χ2n) is 5.48. The Morgan fingerprint density at radius 2 is 2.06 bits per heavy atom. The highest BCUT2D eigenvalue weighted by molar-refractivity contribution is 7.99. The number of benzene rings is 1. The first-order valence-corrected chi connectivity index (χ1v) is 8.39. The predicted molar refractivity (Wildman–Crippen MR) is 82.3 cm³/mol. The highest BCUT2D eigenvalue weighted by atomic mass is 32.2. The standard InChI is InChI=1S/C16H25NS/c1-13(11-14-7-4-3-5-8-14)17-15-9-6-10-16(12-15)18-2/h3-5,7-8,13,15-17H,6,9-12H2,1-2H3. The number of hydrogen-bond donors (Lipinski definition) is 1. The molecule has 2 heteroatoms. The molecule has 1 nitrogen and oxygen atoms in total. The van der Waals surface area contributed by atoms with Crippen LogP contribution in [0.3, 0.4) is 0 Å². The van der Waals surface area contributed by atoms with E-state index in [-0.39, 0.29) is 0 Å². The van der Waals surface area contributed by atoms with Crippen LogP contribution < -0.4 is 5.32 Å². The molecule has 1 fully saturated rings. The fourth-order valence-electron chi connectivity index (χ4n) is 2.94. The third-order valence-electron chi connectivity index (χ3n) is 3.86.